The molecule has 0 bridgehead atoms. The Morgan fingerprint density at radius 2 is 1.69 bits per heavy atom. The first kappa shape index (κ1) is 19.3. The quantitative estimate of drug-likeness (QED) is 0.444. The molecule has 3 aromatic carbocycles. The Bertz CT molecular complexity index is 1050. The molecule has 3 nitrogen and oxygen atoms in total. The molecule has 0 aromatic heterocycles. The van der Waals surface area contributed by atoms with Crippen molar-refractivity contribution in [2.24, 2.45) is 5.10 Å². The summed E-state index contributed by atoms with van der Waals surface area (Å²) in [6, 6.07) is 26.1. The molecule has 0 fully saturated rings. The first-order chi connectivity index (χ1) is 14.1. The molecular formula is C25H21BrN2O. The fourth-order valence-electron chi connectivity index (χ4n) is 3.39. The van der Waals surface area contributed by atoms with E-state index in [0.29, 0.717) is 6.42 Å². The van der Waals surface area contributed by atoms with Crippen LogP contribution in [-0.4, -0.2) is 16.6 Å². The summed E-state index contributed by atoms with van der Waals surface area (Å²) >= 11 is 3.48. The van der Waals surface area contributed by atoms with Crippen LogP contribution < -0.4 is 0 Å². The number of halogens is 1. The lowest BCUT2D eigenvalue weighted by molar-refractivity contribution is -0.127. The standard InChI is InChI=1S/C25H21BrN2O/c1-18-7-10-20(11-8-18)23-17-24(21-12-14-22(26)15-13-21)28(27-23)25(29)16-9-19-5-3-2-4-6-19/h2-16,24H,17H2,1H3. The number of benzene rings is 3. The van der Waals surface area contributed by atoms with Crippen LogP contribution in [0.5, 0.6) is 0 Å². The second-order valence-corrected chi connectivity index (χ2v) is 8.03. The Balaban J connectivity index is 1.65. The lowest BCUT2D eigenvalue weighted by atomic mass is 9.98. The Morgan fingerprint density at radius 3 is 2.38 bits per heavy atom. The lowest BCUT2D eigenvalue weighted by Gasteiger charge is -2.20. The second kappa shape index (κ2) is 8.58. The van der Waals surface area contributed by atoms with Gasteiger partial charge in [0.2, 0.25) is 0 Å². The predicted octanol–water partition coefficient (Wildman–Crippen LogP) is 6.15. The number of hydrazone groups is 1. The summed E-state index contributed by atoms with van der Waals surface area (Å²) in [6.45, 7) is 2.06. The highest BCUT2D eigenvalue weighted by Gasteiger charge is 2.32. The lowest BCUT2D eigenvalue weighted by Crippen LogP contribution is -2.25. The van der Waals surface area contributed by atoms with E-state index >= 15 is 0 Å². The maximum Gasteiger partial charge on any atom is 0.267 e. The van der Waals surface area contributed by atoms with Crippen molar-refractivity contribution in [3.63, 3.8) is 0 Å². The number of hydrogen-bond donors (Lipinski definition) is 0. The number of amides is 1. The van der Waals surface area contributed by atoms with Gasteiger partial charge in [0, 0.05) is 17.0 Å². The number of aryl methyl sites for hydroxylation is 1. The normalized spacial score (nSPS) is 16.3. The van der Waals surface area contributed by atoms with Gasteiger partial charge in [0.25, 0.3) is 5.91 Å². The molecular weight excluding hydrogens is 424 g/mol. The van der Waals surface area contributed by atoms with Gasteiger partial charge in [0.15, 0.2) is 0 Å². The van der Waals surface area contributed by atoms with Crippen LogP contribution in [0, 0.1) is 6.92 Å². The third-order valence-electron chi connectivity index (χ3n) is 4.99. The van der Waals surface area contributed by atoms with Gasteiger partial charge in [-0.3, -0.25) is 4.79 Å². The Labute approximate surface area is 179 Å². The zero-order valence-electron chi connectivity index (χ0n) is 16.1. The topological polar surface area (TPSA) is 32.7 Å². The van der Waals surface area contributed by atoms with Gasteiger partial charge in [-0.1, -0.05) is 88.2 Å². The molecule has 0 N–H and O–H groups in total. The van der Waals surface area contributed by atoms with Crippen LogP contribution in [0.3, 0.4) is 0 Å². The van der Waals surface area contributed by atoms with Gasteiger partial charge in [0.05, 0.1) is 11.8 Å². The van der Waals surface area contributed by atoms with E-state index in [1.807, 2.05) is 60.7 Å². The minimum atomic E-state index is -0.121. The Kier molecular flexibility index (Phi) is 5.72. The van der Waals surface area contributed by atoms with Crippen LogP contribution in [0.25, 0.3) is 6.08 Å². The molecule has 0 aliphatic carbocycles. The summed E-state index contributed by atoms with van der Waals surface area (Å²) in [7, 11) is 0. The van der Waals surface area contributed by atoms with Crippen molar-refractivity contribution in [1.82, 2.24) is 5.01 Å². The van der Waals surface area contributed by atoms with Crippen LogP contribution in [0.15, 0.2) is 94.5 Å². The molecule has 1 heterocycles. The van der Waals surface area contributed by atoms with Crippen LogP contribution in [0.2, 0.25) is 0 Å². The summed E-state index contributed by atoms with van der Waals surface area (Å²) in [5.74, 6) is -0.121. The molecule has 4 rings (SSSR count). The van der Waals surface area contributed by atoms with Crippen molar-refractivity contribution in [3.8, 4) is 0 Å². The van der Waals surface area contributed by atoms with E-state index in [0.717, 1.165) is 26.9 Å². The third kappa shape index (κ3) is 4.54. The van der Waals surface area contributed by atoms with Crippen LogP contribution in [0.1, 0.15) is 34.7 Å². The minimum absolute atomic E-state index is 0.118. The number of hydrogen-bond acceptors (Lipinski definition) is 2. The summed E-state index contributed by atoms with van der Waals surface area (Å²) in [4.78, 5) is 13.0. The summed E-state index contributed by atoms with van der Waals surface area (Å²) < 4.78 is 1.01. The molecule has 0 saturated carbocycles. The van der Waals surface area contributed by atoms with E-state index in [9.17, 15) is 4.79 Å². The Hall–Kier alpha value is -2.98. The molecule has 3 aromatic rings. The first-order valence-corrected chi connectivity index (χ1v) is 10.4. The molecule has 1 atom stereocenters. The average molecular weight is 445 g/mol. The van der Waals surface area contributed by atoms with Crippen molar-refractivity contribution in [1.29, 1.82) is 0 Å². The number of rotatable bonds is 4. The van der Waals surface area contributed by atoms with Crippen molar-refractivity contribution in [2.45, 2.75) is 19.4 Å². The fourth-order valence-corrected chi connectivity index (χ4v) is 3.65. The van der Waals surface area contributed by atoms with E-state index in [1.165, 1.54) is 5.56 Å². The molecule has 4 heteroatoms. The van der Waals surface area contributed by atoms with E-state index < -0.39 is 0 Å². The number of carbonyl (C=O) groups is 1. The maximum absolute atomic E-state index is 13.0. The van der Waals surface area contributed by atoms with Crippen molar-refractivity contribution in [2.75, 3.05) is 0 Å². The minimum Gasteiger partial charge on any atom is -0.268 e. The predicted molar refractivity (Wildman–Crippen MR) is 122 cm³/mol. The smallest absolute Gasteiger partial charge is 0.267 e. The molecule has 1 aliphatic rings. The number of nitrogens with zero attached hydrogens (tertiary/aromatic N) is 2. The van der Waals surface area contributed by atoms with E-state index in [2.05, 4.69) is 47.1 Å². The first-order valence-electron chi connectivity index (χ1n) is 9.56. The van der Waals surface area contributed by atoms with E-state index in [-0.39, 0.29) is 11.9 Å². The van der Waals surface area contributed by atoms with Crippen molar-refractivity contribution < 1.29 is 4.79 Å². The Morgan fingerprint density at radius 1 is 1.00 bits per heavy atom. The van der Waals surface area contributed by atoms with Gasteiger partial charge in [-0.25, -0.2) is 5.01 Å². The molecule has 29 heavy (non-hydrogen) atoms. The third-order valence-corrected chi connectivity index (χ3v) is 5.52. The van der Waals surface area contributed by atoms with Crippen molar-refractivity contribution in [3.05, 3.63) is 112 Å². The fraction of sp³-hybridized carbons (Fsp3) is 0.120. The SMILES string of the molecule is Cc1ccc(C2=NN(C(=O)C=Cc3ccccc3)C(c3ccc(Br)cc3)C2)cc1. The molecule has 1 aliphatic heterocycles. The highest BCUT2D eigenvalue weighted by molar-refractivity contribution is 9.10. The average Bonchev–Trinajstić information content (AvgIpc) is 3.19. The van der Waals surface area contributed by atoms with Gasteiger partial charge in [-0.05, 0) is 41.8 Å². The van der Waals surface area contributed by atoms with E-state index in [1.54, 1.807) is 11.1 Å². The monoisotopic (exact) mass is 444 g/mol. The zero-order chi connectivity index (χ0) is 20.2. The van der Waals surface area contributed by atoms with Crippen molar-refractivity contribution >= 4 is 33.6 Å². The van der Waals surface area contributed by atoms with E-state index in [4.69, 9.17) is 5.10 Å². The summed E-state index contributed by atoms with van der Waals surface area (Å²) in [6.07, 6.45) is 4.12. The zero-order valence-corrected chi connectivity index (χ0v) is 17.7. The summed E-state index contributed by atoms with van der Waals surface area (Å²) in [5, 5.41) is 6.33. The van der Waals surface area contributed by atoms with Gasteiger partial charge >= 0.3 is 0 Å². The van der Waals surface area contributed by atoms with Crippen LogP contribution in [0.4, 0.5) is 0 Å². The van der Waals surface area contributed by atoms with Crippen LogP contribution >= 0.6 is 15.9 Å². The highest BCUT2D eigenvalue weighted by Crippen LogP contribution is 2.33. The maximum atomic E-state index is 13.0. The molecule has 1 unspecified atom stereocenters. The largest absolute Gasteiger partial charge is 0.268 e. The molecule has 0 saturated heterocycles. The van der Waals surface area contributed by atoms with Crippen LogP contribution in [-0.2, 0) is 4.79 Å². The van der Waals surface area contributed by atoms with Gasteiger partial charge < -0.3 is 0 Å². The number of carbonyl (C=O) groups excluding carboxylic acids is 1. The van der Waals surface area contributed by atoms with Gasteiger partial charge in [-0.15, -0.1) is 0 Å². The second-order valence-electron chi connectivity index (χ2n) is 7.11. The van der Waals surface area contributed by atoms with Gasteiger partial charge in [-0.2, -0.15) is 5.10 Å². The van der Waals surface area contributed by atoms with Gasteiger partial charge in [0.1, 0.15) is 0 Å². The molecule has 1 amide bonds. The molecule has 0 radical (unpaired) electrons. The highest BCUT2D eigenvalue weighted by atomic mass is 79.9. The molecule has 0 spiro atoms. The molecule has 144 valence electrons. The summed E-state index contributed by atoms with van der Waals surface area (Å²) in [5.41, 5.74) is 5.25.